The largest absolute Gasteiger partial charge is 0.314 e. The Kier molecular flexibility index (Phi) is 6.07. The third-order valence-corrected chi connectivity index (χ3v) is 3.11. The highest BCUT2D eigenvalue weighted by atomic mass is 79.9. The van der Waals surface area contributed by atoms with Crippen LogP contribution >= 0.6 is 15.9 Å². The molecule has 1 aromatic rings. The standard InChI is InChI=1S/C14H22BrN/c1-4-16-14(8-11(2)3)10-12-6-5-7-13(15)9-12/h5-7,9,11,14,16H,4,8,10H2,1-3H3. The van der Waals surface area contributed by atoms with Crippen molar-refractivity contribution in [2.75, 3.05) is 6.54 Å². The summed E-state index contributed by atoms with van der Waals surface area (Å²) in [5.74, 6) is 0.746. The minimum absolute atomic E-state index is 0.597. The van der Waals surface area contributed by atoms with Gasteiger partial charge in [-0.05, 0) is 43.0 Å². The van der Waals surface area contributed by atoms with Crippen LogP contribution in [0.4, 0.5) is 0 Å². The van der Waals surface area contributed by atoms with Crippen molar-refractivity contribution >= 4 is 15.9 Å². The fraction of sp³-hybridized carbons (Fsp3) is 0.571. The van der Waals surface area contributed by atoms with Crippen molar-refractivity contribution in [2.45, 2.75) is 39.7 Å². The van der Waals surface area contributed by atoms with E-state index >= 15 is 0 Å². The highest BCUT2D eigenvalue weighted by Gasteiger charge is 2.10. The predicted octanol–water partition coefficient (Wildman–Crippen LogP) is 4.02. The summed E-state index contributed by atoms with van der Waals surface area (Å²) in [6, 6.07) is 9.20. The van der Waals surface area contributed by atoms with Crippen molar-refractivity contribution in [2.24, 2.45) is 5.92 Å². The van der Waals surface area contributed by atoms with Gasteiger partial charge in [-0.3, -0.25) is 0 Å². The van der Waals surface area contributed by atoms with Crippen LogP contribution in [0.25, 0.3) is 0 Å². The van der Waals surface area contributed by atoms with Gasteiger partial charge in [-0.2, -0.15) is 0 Å². The Morgan fingerprint density at radius 2 is 2.06 bits per heavy atom. The summed E-state index contributed by atoms with van der Waals surface area (Å²) >= 11 is 3.52. The van der Waals surface area contributed by atoms with E-state index < -0.39 is 0 Å². The topological polar surface area (TPSA) is 12.0 Å². The molecule has 0 fully saturated rings. The summed E-state index contributed by atoms with van der Waals surface area (Å²) in [7, 11) is 0. The minimum Gasteiger partial charge on any atom is -0.314 e. The van der Waals surface area contributed by atoms with Crippen LogP contribution in [0.15, 0.2) is 28.7 Å². The molecule has 0 spiro atoms. The summed E-state index contributed by atoms with van der Waals surface area (Å²) < 4.78 is 1.17. The van der Waals surface area contributed by atoms with Gasteiger partial charge in [-0.1, -0.05) is 48.8 Å². The molecule has 0 heterocycles. The Bertz CT molecular complexity index is 309. The zero-order valence-electron chi connectivity index (χ0n) is 10.5. The van der Waals surface area contributed by atoms with Crippen molar-refractivity contribution in [3.8, 4) is 0 Å². The molecule has 0 saturated carbocycles. The van der Waals surface area contributed by atoms with Crippen molar-refractivity contribution in [3.05, 3.63) is 34.3 Å². The van der Waals surface area contributed by atoms with E-state index in [1.807, 2.05) is 0 Å². The fourth-order valence-corrected chi connectivity index (χ4v) is 2.49. The number of benzene rings is 1. The maximum absolute atomic E-state index is 3.57. The van der Waals surface area contributed by atoms with Gasteiger partial charge in [0.15, 0.2) is 0 Å². The zero-order chi connectivity index (χ0) is 12.0. The SMILES string of the molecule is CCNC(Cc1cccc(Br)c1)CC(C)C. The molecule has 1 N–H and O–H groups in total. The highest BCUT2D eigenvalue weighted by molar-refractivity contribution is 9.10. The third kappa shape index (κ3) is 5.13. The van der Waals surface area contributed by atoms with Crippen LogP contribution in [-0.4, -0.2) is 12.6 Å². The zero-order valence-corrected chi connectivity index (χ0v) is 12.0. The number of hydrogen-bond acceptors (Lipinski definition) is 1. The van der Waals surface area contributed by atoms with E-state index in [1.165, 1.54) is 16.5 Å². The summed E-state index contributed by atoms with van der Waals surface area (Å²) in [5.41, 5.74) is 1.40. The third-order valence-electron chi connectivity index (χ3n) is 2.62. The predicted molar refractivity (Wildman–Crippen MR) is 74.8 cm³/mol. The van der Waals surface area contributed by atoms with E-state index in [1.54, 1.807) is 0 Å². The van der Waals surface area contributed by atoms with Crippen LogP contribution in [0.1, 0.15) is 32.8 Å². The minimum atomic E-state index is 0.597. The second-order valence-corrected chi connectivity index (χ2v) is 5.63. The molecule has 0 aliphatic carbocycles. The van der Waals surface area contributed by atoms with Gasteiger partial charge < -0.3 is 5.32 Å². The van der Waals surface area contributed by atoms with Crippen LogP contribution < -0.4 is 5.32 Å². The van der Waals surface area contributed by atoms with Crippen molar-refractivity contribution < 1.29 is 0 Å². The molecule has 0 amide bonds. The Hall–Kier alpha value is -0.340. The average molecular weight is 284 g/mol. The van der Waals surface area contributed by atoms with Crippen LogP contribution in [-0.2, 0) is 6.42 Å². The lowest BCUT2D eigenvalue weighted by Crippen LogP contribution is -2.32. The summed E-state index contributed by atoms with van der Waals surface area (Å²) in [6.45, 7) is 7.79. The molecule has 2 heteroatoms. The van der Waals surface area contributed by atoms with Crippen molar-refractivity contribution in [1.29, 1.82) is 0 Å². The Balaban J connectivity index is 2.60. The molecule has 0 aromatic heterocycles. The second-order valence-electron chi connectivity index (χ2n) is 4.72. The summed E-state index contributed by atoms with van der Waals surface area (Å²) in [4.78, 5) is 0. The molecule has 90 valence electrons. The Labute approximate surface area is 108 Å². The van der Waals surface area contributed by atoms with E-state index in [4.69, 9.17) is 0 Å². The van der Waals surface area contributed by atoms with Crippen molar-refractivity contribution in [1.82, 2.24) is 5.32 Å². The molecule has 0 radical (unpaired) electrons. The maximum Gasteiger partial charge on any atom is 0.0178 e. The number of halogens is 1. The van der Waals surface area contributed by atoms with Gasteiger partial charge in [-0.15, -0.1) is 0 Å². The van der Waals surface area contributed by atoms with E-state index in [0.29, 0.717) is 6.04 Å². The lowest BCUT2D eigenvalue weighted by Gasteiger charge is -2.20. The van der Waals surface area contributed by atoms with E-state index in [-0.39, 0.29) is 0 Å². The number of hydrogen-bond donors (Lipinski definition) is 1. The van der Waals surface area contributed by atoms with E-state index in [9.17, 15) is 0 Å². The molecule has 0 aliphatic rings. The molecule has 0 saturated heterocycles. The quantitative estimate of drug-likeness (QED) is 0.832. The molecule has 1 aromatic carbocycles. The van der Waals surface area contributed by atoms with Gasteiger partial charge in [0.25, 0.3) is 0 Å². The van der Waals surface area contributed by atoms with Gasteiger partial charge in [0.1, 0.15) is 0 Å². The average Bonchev–Trinajstić information content (AvgIpc) is 2.16. The Morgan fingerprint density at radius 1 is 1.31 bits per heavy atom. The van der Waals surface area contributed by atoms with Gasteiger partial charge >= 0.3 is 0 Å². The highest BCUT2D eigenvalue weighted by Crippen LogP contribution is 2.15. The Morgan fingerprint density at radius 3 is 2.62 bits per heavy atom. The summed E-state index contributed by atoms with van der Waals surface area (Å²) in [6.07, 6.45) is 2.35. The normalized spacial score (nSPS) is 13.1. The molecule has 1 atom stereocenters. The van der Waals surface area contributed by atoms with Crippen LogP contribution in [0, 0.1) is 5.92 Å². The first-order chi connectivity index (χ1) is 7.61. The van der Waals surface area contributed by atoms with Gasteiger partial charge in [0.2, 0.25) is 0 Å². The second kappa shape index (κ2) is 7.08. The first kappa shape index (κ1) is 13.7. The van der Waals surface area contributed by atoms with Crippen LogP contribution in [0.5, 0.6) is 0 Å². The molecule has 16 heavy (non-hydrogen) atoms. The fourth-order valence-electron chi connectivity index (χ4n) is 2.05. The molecular weight excluding hydrogens is 262 g/mol. The molecular formula is C14H22BrN. The number of rotatable bonds is 6. The molecule has 0 bridgehead atoms. The number of likely N-dealkylation sites (N-methyl/N-ethyl adjacent to an activating group) is 1. The maximum atomic E-state index is 3.57. The molecule has 1 unspecified atom stereocenters. The van der Waals surface area contributed by atoms with E-state index in [2.05, 4.69) is 66.3 Å². The molecule has 1 rings (SSSR count). The van der Waals surface area contributed by atoms with Gasteiger partial charge in [0, 0.05) is 10.5 Å². The molecule has 1 nitrogen and oxygen atoms in total. The number of nitrogens with one attached hydrogen (secondary N) is 1. The lowest BCUT2D eigenvalue weighted by molar-refractivity contribution is 0.424. The van der Waals surface area contributed by atoms with Crippen LogP contribution in [0.3, 0.4) is 0 Å². The summed E-state index contributed by atoms with van der Waals surface area (Å²) in [5, 5.41) is 3.57. The monoisotopic (exact) mass is 283 g/mol. The smallest absolute Gasteiger partial charge is 0.0178 e. The van der Waals surface area contributed by atoms with Crippen LogP contribution in [0.2, 0.25) is 0 Å². The van der Waals surface area contributed by atoms with E-state index in [0.717, 1.165) is 18.9 Å². The van der Waals surface area contributed by atoms with Gasteiger partial charge in [0.05, 0.1) is 0 Å². The van der Waals surface area contributed by atoms with Crippen molar-refractivity contribution in [3.63, 3.8) is 0 Å². The van der Waals surface area contributed by atoms with Gasteiger partial charge in [-0.25, -0.2) is 0 Å². The lowest BCUT2D eigenvalue weighted by atomic mass is 9.97. The first-order valence-corrected chi connectivity index (χ1v) is 6.89. The molecule has 0 aliphatic heterocycles. The first-order valence-electron chi connectivity index (χ1n) is 6.09.